The third kappa shape index (κ3) is 4.97. The molecule has 0 bridgehead atoms. The van der Waals surface area contributed by atoms with E-state index in [9.17, 15) is 4.79 Å². The van der Waals surface area contributed by atoms with Gasteiger partial charge in [-0.05, 0) is 41.8 Å². The van der Waals surface area contributed by atoms with Crippen LogP contribution < -0.4 is 15.5 Å². The summed E-state index contributed by atoms with van der Waals surface area (Å²) in [5.41, 5.74) is 3.01. The molecule has 0 saturated carbocycles. The number of amides is 1. The predicted molar refractivity (Wildman–Crippen MR) is 114 cm³/mol. The van der Waals surface area contributed by atoms with Gasteiger partial charge >= 0.3 is 0 Å². The van der Waals surface area contributed by atoms with Crippen molar-refractivity contribution in [2.75, 3.05) is 31.1 Å². The summed E-state index contributed by atoms with van der Waals surface area (Å²) in [7, 11) is 0. The summed E-state index contributed by atoms with van der Waals surface area (Å²) < 4.78 is 0. The van der Waals surface area contributed by atoms with E-state index < -0.39 is 0 Å². The number of aromatic nitrogens is 2. The fourth-order valence-corrected chi connectivity index (χ4v) is 3.55. The predicted octanol–water partition coefficient (Wildman–Crippen LogP) is 2.60. The first kappa shape index (κ1) is 19.1. The molecule has 0 aliphatic carbocycles. The lowest BCUT2D eigenvalue weighted by Gasteiger charge is -2.34. The van der Waals surface area contributed by atoms with Gasteiger partial charge in [-0.15, -0.1) is 0 Å². The van der Waals surface area contributed by atoms with Gasteiger partial charge in [-0.25, -0.2) is 4.98 Å². The zero-order valence-electron chi connectivity index (χ0n) is 16.3. The molecule has 0 radical (unpaired) electrons. The Labute approximate surface area is 171 Å². The number of nitrogens with zero attached hydrogens (tertiary/aromatic N) is 3. The molecule has 2 aromatic heterocycles. The maximum Gasteiger partial charge on any atom is 0.252 e. The number of benzene rings is 1. The number of carbonyl (C=O) groups is 1. The number of rotatable bonds is 6. The average molecular weight is 387 g/mol. The Morgan fingerprint density at radius 3 is 2.69 bits per heavy atom. The zero-order valence-corrected chi connectivity index (χ0v) is 16.3. The lowest BCUT2D eigenvalue weighted by molar-refractivity contribution is 0.0954. The van der Waals surface area contributed by atoms with Crippen molar-refractivity contribution in [2.24, 2.45) is 0 Å². The topological polar surface area (TPSA) is 70.2 Å². The van der Waals surface area contributed by atoms with E-state index in [2.05, 4.69) is 49.8 Å². The van der Waals surface area contributed by atoms with Crippen LogP contribution >= 0.6 is 0 Å². The first-order valence-electron chi connectivity index (χ1n) is 9.96. The summed E-state index contributed by atoms with van der Waals surface area (Å²) in [6.45, 7) is 3.24. The van der Waals surface area contributed by atoms with Gasteiger partial charge in [0, 0.05) is 50.8 Å². The van der Waals surface area contributed by atoms with E-state index in [0.717, 1.165) is 37.4 Å². The molecule has 1 amide bonds. The van der Waals surface area contributed by atoms with Crippen LogP contribution in [0.5, 0.6) is 0 Å². The molecule has 1 aliphatic rings. The van der Waals surface area contributed by atoms with Crippen LogP contribution in [0.15, 0.2) is 73.2 Å². The van der Waals surface area contributed by atoms with Gasteiger partial charge in [-0.3, -0.25) is 9.78 Å². The number of pyridine rings is 2. The van der Waals surface area contributed by atoms with Gasteiger partial charge in [0.1, 0.15) is 5.82 Å². The van der Waals surface area contributed by atoms with Crippen molar-refractivity contribution >= 4 is 11.7 Å². The van der Waals surface area contributed by atoms with E-state index in [0.29, 0.717) is 12.1 Å². The van der Waals surface area contributed by atoms with Crippen molar-refractivity contribution < 1.29 is 4.79 Å². The summed E-state index contributed by atoms with van der Waals surface area (Å²) in [5, 5.41) is 6.52. The maximum absolute atomic E-state index is 12.4. The van der Waals surface area contributed by atoms with Crippen LogP contribution in [0.3, 0.4) is 0 Å². The smallest absolute Gasteiger partial charge is 0.252 e. The molecule has 0 unspecified atom stereocenters. The molecule has 3 aromatic rings. The Morgan fingerprint density at radius 2 is 1.93 bits per heavy atom. The molecule has 1 aliphatic heterocycles. The number of hydrogen-bond donors (Lipinski definition) is 2. The summed E-state index contributed by atoms with van der Waals surface area (Å²) in [5.74, 6) is 0.807. The van der Waals surface area contributed by atoms with E-state index in [1.807, 2.05) is 30.3 Å². The summed E-state index contributed by atoms with van der Waals surface area (Å²) in [6.07, 6.45) is 5.97. The molecule has 1 fully saturated rings. The highest BCUT2D eigenvalue weighted by Crippen LogP contribution is 2.21. The van der Waals surface area contributed by atoms with Gasteiger partial charge in [0.15, 0.2) is 0 Å². The van der Waals surface area contributed by atoms with Crippen LogP contribution in [0.1, 0.15) is 27.5 Å². The van der Waals surface area contributed by atoms with Crippen molar-refractivity contribution in [1.82, 2.24) is 20.6 Å². The van der Waals surface area contributed by atoms with Gasteiger partial charge in [0.25, 0.3) is 5.91 Å². The SMILES string of the molecule is O=C(NCCc1ccncc1)c1ccc(N2CCN[C@H](c3ccccc3)C2)nc1. The van der Waals surface area contributed by atoms with Gasteiger partial charge in [0.05, 0.1) is 5.56 Å². The van der Waals surface area contributed by atoms with Crippen LogP contribution in [0, 0.1) is 0 Å². The highest BCUT2D eigenvalue weighted by molar-refractivity contribution is 5.94. The number of anilines is 1. The summed E-state index contributed by atoms with van der Waals surface area (Å²) in [6, 6.07) is 18.4. The molecular formula is C23H25N5O. The third-order valence-electron chi connectivity index (χ3n) is 5.16. The second-order valence-electron chi connectivity index (χ2n) is 7.13. The first-order chi connectivity index (χ1) is 14.3. The van der Waals surface area contributed by atoms with Gasteiger partial charge in [0.2, 0.25) is 0 Å². The molecule has 4 rings (SSSR count). The van der Waals surface area contributed by atoms with Crippen molar-refractivity contribution in [3.63, 3.8) is 0 Å². The minimum absolute atomic E-state index is 0.0967. The molecule has 6 heteroatoms. The number of piperazine rings is 1. The van der Waals surface area contributed by atoms with Crippen LogP contribution in [0.25, 0.3) is 0 Å². The standard InChI is InChI=1S/C23H25N5O/c29-23(26-13-10-18-8-11-24-12-9-18)20-6-7-22(27-16-20)28-15-14-25-21(17-28)19-4-2-1-3-5-19/h1-9,11-12,16,21,25H,10,13-15,17H2,(H,26,29)/t21-/m0/s1. The molecule has 3 heterocycles. The van der Waals surface area contributed by atoms with E-state index in [1.54, 1.807) is 18.6 Å². The van der Waals surface area contributed by atoms with Gasteiger partial charge < -0.3 is 15.5 Å². The maximum atomic E-state index is 12.4. The van der Waals surface area contributed by atoms with E-state index in [-0.39, 0.29) is 11.9 Å². The molecule has 148 valence electrons. The van der Waals surface area contributed by atoms with Crippen LogP contribution in [-0.2, 0) is 6.42 Å². The Bertz CT molecular complexity index is 915. The van der Waals surface area contributed by atoms with E-state index in [4.69, 9.17) is 0 Å². The number of carbonyl (C=O) groups excluding carboxylic acids is 1. The minimum atomic E-state index is -0.0967. The van der Waals surface area contributed by atoms with Crippen molar-refractivity contribution in [3.05, 3.63) is 89.9 Å². The monoisotopic (exact) mass is 387 g/mol. The molecule has 1 atom stereocenters. The largest absolute Gasteiger partial charge is 0.353 e. The number of nitrogens with one attached hydrogen (secondary N) is 2. The second kappa shape index (κ2) is 9.30. The first-order valence-corrected chi connectivity index (χ1v) is 9.96. The van der Waals surface area contributed by atoms with Gasteiger partial charge in [-0.2, -0.15) is 0 Å². The Morgan fingerprint density at radius 1 is 1.10 bits per heavy atom. The molecular weight excluding hydrogens is 362 g/mol. The van der Waals surface area contributed by atoms with Crippen molar-refractivity contribution in [3.8, 4) is 0 Å². The lowest BCUT2D eigenvalue weighted by atomic mass is 10.0. The highest BCUT2D eigenvalue weighted by atomic mass is 16.1. The molecule has 1 aromatic carbocycles. The number of hydrogen-bond acceptors (Lipinski definition) is 5. The van der Waals surface area contributed by atoms with Crippen molar-refractivity contribution in [1.29, 1.82) is 0 Å². The average Bonchev–Trinajstić information content (AvgIpc) is 2.80. The quantitative estimate of drug-likeness (QED) is 0.680. The Hall–Kier alpha value is -3.25. The molecule has 29 heavy (non-hydrogen) atoms. The zero-order chi connectivity index (χ0) is 19.9. The van der Waals surface area contributed by atoms with Gasteiger partial charge in [-0.1, -0.05) is 30.3 Å². The lowest BCUT2D eigenvalue weighted by Crippen LogP contribution is -2.46. The third-order valence-corrected chi connectivity index (χ3v) is 5.16. The fraction of sp³-hybridized carbons (Fsp3) is 0.261. The molecule has 0 spiro atoms. The van der Waals surface area contributed by atoms with Crippen LogP contribution in [-0.4, -0.2) is 42.1 Å². The van der Waals surface area contributed by atoms with E-state index >= 15 is 0 Å². The summed E-state index contributed by atoms with van der Waals surface area (Å²) in [4.78, 5) is 23.2. The highest BCUT2D eigenvalue weighted by Gasteiger charge is 2.21. The van der Waals surface area contributed by atoms with Crippen molar-refractivity contribution in [2.45, 2.75) is 12.5 Å². The normalized spacial score (nSPS) is 16.4. The molecule has 2 N–H and O–H groups in total. The Balaban J connectivity index is 1.33. The molecule has 6 nitrogen and oxygen atoms in total. The Kier molecular flexibility index (Phi) is 6.12. The minimum Gasteiger partial charge on any atom is -0.353 e. The molecule has 1 saturated heterocycles. The fourth-order valence-electron chi connectivity index (χ4n) is 3.55. The second-order valence-corrected chi connectivity index (χ2v) is 7.13. The van der Waals surface area contributed by atoms with Crippen LogP contribution in [0.2, 0.25) is 0 Å². The summed E-state index contributed by atoms with van der Waals surface area (Å²) >= 11 is 0. The van der Waals surface area contributed by atoms with Crippen LogP contribution in [0.4, 0.5) is 5.82 Å². The van der Waals surface area contributed by atoms with E-state index in [1.165, 1.54) is 5.56 Å².